The van der Waals surface area contributed by atoms with E-state index < -0.39 is 0 Å². The molecule has 1 saturated carbocycles. The van der Waals surface area contributed by atoms with Crippen molar-refractivity contribution in [1.82, 2.24) is 0 Å². The maximum Gasteiger partial charge on any atom is 0.321 e. The lowest BCUT2D eigenvalue weighted by Crippen LogP contribution is -2.30. The fourth-order valence-corrected chi connectivity index (χ4v) is 2.30. The Hall–Kier alpha value is -0.0900. The van der Waals surface area contributed by atoms with Gasteiger partial charge in [-0.1, -0.05) is 29.8 Å². The number of ether oxygens (including phenoxy) is 2. The van der Waals surface area contributed by atoms with Gasteiger partial charge in [-0.2, -0.15) is 0 Å². The van der Waals surface area contributed by atoms with Crippen LogP contribution >= 0.6 is 15.9 Å². The average molecular weight is 293 g/mol. The number of carbonyl (C=O) groups excluding carboxylic acids is 1. The van der Waals surface area contributed by atoms with E-state index in [1.807, 2.05) is 0 Å². The molecule has 0 aromatic rings. The molecule has 4 heteroatoms. The highest BCUT2D eigenvalue weighted by Gasteiger charge is 2.28. The van der Waals surface area contributed by atoms with Gasteiger partial charge in [-0.25, -0.2) is 0 Å². The van der Waals surface area contributed by atoms with Crippen LogP contribution in [0.3, 0.4) is 0 Å². The second-order valence-electron chi connectivity index (χ2n) is 5.19. The highest BCUT2D eigenvalue weighted by Crippen LogP contribution is 2.36. The molecular formula is C12H21BrO3. The highest BCUT2D eigenvalue weighted by atomic mass is 79.9. The number of hydrogen-bond donors (Lipinski definition) is 0. The molecule has 0 amide bonds. The third-order valence-corrected chi connectivity index (χ3v) is 3.86. The highest BCUT2D eigenvalue weighted by molar-refractivity contribution is 9.10. The fraction of sp³-hybridized carbons (Fsp3) is 0.917. The first-order chi connectivity index (χ1) is 7.44. The lowest BCUT2D eigenvalue weighted by atomic mass is 9.76. The van der Waals surface area contributed by atoms with E-state index in [4.69, 9.17) is 4.74 Å². The van der Waals surface area contributed by atoms with Crippen molar-refractivity contribution in [2.75, 3.05) is 13.7 Å². The van der Waals surface area contributed by atoms with Gasteiger partial charge in [0, 0.05) is 0 Å². The summed E-state index contributed by atoms with van der Waals surface area (Å²) in [6.45, 7) is 4.99. The van der Waals surface area contributed by atoms with Gasteiger partial charge in [0.1, 0.15) is 4.83 Å². The van der Waals surface area contributed by atoms with Gasteiger partial charge < -0.3 is 9.47 Å². The van der Waals surface area contributed by atoms with Crippen molar-refractivity contribution < 1.29 is 14.3 Å². The number of halogens is 1. The molecule has 1 unspecified atom stereocenters. The van der Waals surface area contributed by atoms with Crippen LogP contribution in [0.2, 0.25) is 0 Å². The molecular weight excluding hydrogens is 272 g/mol. The minimum Gasteiger partial charge on any atom is -0.468 e. The Morgan fingerprint density at radius 2 is 2.00 bits per heavy atom. The molecule has 0 saturated heterocycles. The van der Waals surface area contributed by atoms with Gasteiger partial charge in [-0.3, -0.25) is 4.79 Å². The van der Waals surface area contributed by atoms with Crippen LogP contribution in [-0.2, 0) is 14.3 Å². The van der Waals surface area contributed by atoms with Gasteiger partial charge >= 0.3 is 5.97 Å². The molecule has 1 aliphatic carbocycles. The van der Waals surface area contributed by atoms with Gasteiger partial charge in [0.2, 0.25) is 0 Å². The third kappa shape index (κ3) is 4.42. The molecule has 3 nitrogen and oxygen atoms in total. The van der Waals surface area contributed by atoms with E-state index in [-0.39, 0.29) is 10.8 Å². The summed E-state index contributed by atoms with van der Waals surface area (Å²) in [5.74, 6) is -0.267. The van der Waals surface area contributed by atoms with Crippen molar-refractivity contribution in [3.05, 3.63) is 0 Å². The summed E-state index contributed by atoms with van der Waals surface area (Å²) >= 11 is 3.25. The molecule has 16 heavy (non-hydrogen) atoms. The summed E-state index contributed by atoms with van der Waals surface area (Å²) < 4.78 is 10.3. The van der Waals surface area contributed by atoms with E-state index >= 15 is 0 Å². The Kier molecular flexibility index (Phi) is 5.25. The van der Waals surface area contributed by atoms with Crippen molar-refractivity contribution in [2.24, 2.45) is 5.41 Å². The minimum atomic E-state index is -0.340. The molecule has 0 aromatic carbocycles. The molecule has 0 aromatic heterocycles. The standard InChI is InChI=1S/C12H21BrO3/c1-12(2)6-4-9(5-7-12)16-8-10(13)11(14)15-3/h9-10H,4-8H2,1-3H3. The fourth-order valence-electron chi connectivity index (χ4n) is 1.96. The lowest BCUT2D eigenvalue weighted by Gasteiger charge is -2.34. The first kappa shape index (κ1) is 14.0. The molecule has 0 radical (unpaired) electrons. The molecule has 0 bridgehead atoms. The van der Waals surface area contributed by atoms with Crippen LogP contribution in [0.5, 0.6) is 0 Å². The van der Waals surface area contributed by atoms with E-state index in [0.29, 0.717) is 18.1 Å². The van der Waals surface area contributed by atoms with Crippen LogP contribution in [0.1, 0.15) is 39.5 Å². The number of hydrogen-bond acceptors (Lipinski definition) is 3. The number of methoxy groups -OCH3 is 1. The Bertz CT molecular complexity index is 230. The van der Waals surface area contributed by atoms with Crippen LogP contribution in [0.25, 0.3) is 0 Å². The van der Waals surface area contributed by atoms with E-state index in [1.165, 1.54) is 20.0 Å². The van der Waals surface area contributed by atoms with Crippen LogP contribution in [0.15, 0.2) is 0 Å². The van der Waals surface area contributed by atoms with Gasteiger partial charge in [-0.15, -0.1) is 0 Å². The number of rotatable bonds is 4. The minimum absolute atomic E-state index is 0.267. The maximum absolute atomic E-state index is 11.1. The molecule has 1 atom stereocenters. The van der Waals surface area contributed by atoms with E-state index in [2.05, 4.69) is 34.5 Å². The van der Waals surface area contributed by atoms with Crippen molar-refractivity contribution in [3.63, 3.8) is 0 Å². The zero-order valence-electron chi connectivity index (χ0n) is 10.3. The van der Waals surface area contributed by atoms with E-state index in [9.17, 15) is 4.79 Å². The Labute approximate surface area is 106 Å². The molecule has 0 aliphatic heterocycles. The number of esters is 1. The van der Waals surface area contributed by atoms with Gasteiger partial charge in [0.25, 0.3) is 0 Å². The predicted molar refractivity (Wildman–Crippen MR) is 66.7 cm³/mol. The number of alkyl halides is 1. The van der Waals surface area contributed by atoms with E-state index in [1.54, 1.807) is 0 Å². The summed E-state index contributed by atoms with van der Waals surface area (Å²) in [6, 6.07) is 0. The normalized spacial score (nSPS) is 22.8. The summed E-state index contributed by atoms with van der Waals surface area (Å²) in [5, 5.41) is 0. The maximum atomic E-state index is 11.1. The van der Waals surface area contributed by atoms with Crippen LogP contribution in [0, 0.1) is 5.41 Å². The summed E-state index contributed by atoms with van der Waals surface area (Å²) in [7, 11) is 1.39. The van der Waals surface area contributed by atoms with Crippen molar-refractivity contribution in [3.8, 4) is 0 Å². The lowest BCUT2D eigenvalue weighted by molar-refractivity contribution is -0.141. The summed E-state index contributed by atoms with van der Waals surface area (Å²) in [6.07, 6.45) is 4.88. The number of carbonyl (C=O) groups is 1. The van der Waals surface area contributed by atoms with Gasteiger partial charge in [-0.05, 0) is 31.1 Å². The predicted octanol–water partition coefficient (Wildman–Crippen LogP) is 2.91. The van der Waals surface area contributed by atoms with Gasteiger partial charge in [0.05, 0.1) is 19.8 Å². The zero-order valence-corrected chi connectivity index (χ0v) is 11.9. The molecule has 94 valence electrons. The summed E-state index contributed by atoms with van der Waals surface area (Å²) in [5.41, 5.74) is 0.454. The monoisotopic (exact) mass is 292 g/mol. The smallest absolute Gasteiger partial charge is 0.321 e. The molecule has 1 rings (SSSR count). The van der Waals surface area contributed by atoms with Crippen LogP contribution in [-0.4, -0.2) is 30.6 Å². The first-order valence-electron chi connectivity index (χ1n) is 5.78. The van der Waals surface area contributed by atoms with Crippen LogP contribution < -0.4 is 0 Å². The van der Waals surface area contributed by atoms with Crippen molar-refractivity contribution in [2.45, 2.75) is 50.5 Å². The molecule has 0 N–H and O–H groups in total. The topological polar surface area (TPSA) is 35.5 Å². The van der Waals surface area contributed by atoms with Gasteiger partial charge in [0.15, 0.2) is 0 Å². The Morgan fingerprint density at radius 3 is 2.50 bits per heavy atom. The average Bonchev–Trinajstić information content (AvgIpc) is 2.26. The first-order valence-corrected chi connectivity index (χ1v) is 6.70. The summed E-state index contributed by atoms with van der Waals surface area (Å²) in [4.78, 5) is 10.8. The van der Waals surface area contributed by atoms with Crippen molar-refractivity contribution >= 4 is 21.9 Å². The Balaban J connectivity index is 2.22. The Morgan fingerprint density at radius 1 is 1.44 bits per heavy atom. The third-order valence-electron chi connectivity index (χ3n) is 3.22. The molecule has 0 heterocycles. The quantitative estimate of drug-likeness (QED) is 0.590. The zero-order chi connectivity index (χ0) is 12.2. The SMILES string of the molecule is COC(=O)C(Br)COC1CCC(C)(C)CC1. The largest absolute Gasteiger partial charge is 0.468 e. The van der Waals surface area contributed by atoms with E-state index in [0.717, 1.165) is 12.8 Å². The van der Waals surface area contributed by atoms with Crippen molar-refractivity contribution in [1.29, 1.82) is 0 Å². The molecule has 1 fully saturated rings. The van der Waals surface area contributed by atoms with Crippen LogP contribution in [0.4, 0.5) is 0 Å². The molecule has 1 aliphatic rings. The second-order valence-corrected chi connectivity index (χ2v) is 6.29. The molecule has 0 spiro atoms. The second kappa shape index (κ2) is 6.01.